The first-order valence-corrected chi connectivity index (χ1v) is 6.25. The third-order valence-electron chi connectivity index (χ3n) is 4.42. The minimum Gasteiger partial charge on any atom is -0.327 e. The number of likely N-dealkylation sites (tertiary alicyclic amines) is 1. The van der Waals surface area contributed by atoms with Crippen LogP contribution in [0, 0.1) is 5.92 Å². The third kappa shape index (κ3) is 1.60. The lowest BCUT2D eigenvalue weighted by atomic mass is 10.0. The van der Waals surface area contributed by atoms with Crippen molar-refractivity contribution in [2.45, 2.75) is 51.1 Å². The molecular formula is C12H21N2O2+. The molecule has 2 rings (SSSR count). The van der Waals surface area contributed by atoms with Gasteiger partial charge in [0.2, 0.25) is 0 Å². The predicted molar refractivity (Wildman–Crippen MR) is 60.2 cm³/mol. The summed E-state index contributed by atoms with van der Waals surface area (Å²) in [5.74, 6) is -0.0178. The van der Waals surface area contributed by atoms with Crippen molar-refractivity contribution >= 4 is 12.3 Å². The van der Waals surface area contributed by atoms with Gasteiger partial charge in [-0.1, -0.05) is 6.42 Å². The highest BCUT2D eigenvalue weighted by Gasteiger charge is 2.50. The fraction of sp³-hybridized carbons (Fsp3) is 0.833. The van der Waals surface area contributed by atoms with Crippen LogP contribution in [0.25, 0.3) is 0 Å². The third-order valence-corrected chi connectivity index (χ3v) is 4.42. The van der Waals surface area contributed by atoms with E-state index in [4.69, 9.17) is 5.73 Å². The topological polar surface area (TPSA) is 60.2 Å². The van der Waals surface area contributed by atoms with Crippen molar-refractivity contribution in [1.29, 1.82) is 0 Å². The molecule has 2 aliphatic rings. The molecule has 4 nitrogen and oxygen atoms in total. The molecule has 1 unspecified atom stereocenters. The van der Waals surface area contributed by atoms with Gasteiger partial charge in [0.25, 0.3) is 0 Å². The fourth-order valence-electron chi connectivity index (χ4n) is 3.24. The molecule has 90 valence electrons. The summed E-state index contributed by atoms with van der Waals surface area (Å²) in [7, 11) is 0. The second kappa shape index (κ2) is 4.26. The molecule has 0 aromatic rings. The SMILES string of the molecule is C[C@@H]1CCC[N+]1(C=O)C(=O)[C@H]1CCC[C@@H]1N. The van der Waals surface area contributed by atoms with Crippen molar-refractivity contribution in [3.05, 3.63) is 0 Å². The lowest BCUT2D eigenvalue weighted by molar-refractivity contribution is -0.782. The lowest BCUT2D eigenvalue weighted by Gasteiger charge is -2.32. The van der Waals surface area contributed by atoms with Gasteiger partial charge in [-0.3, -0.25) is 0 Å². The maximum Gasteiger partial charge on any atom is 0.325 e. The molecular weight excluding hydrogens is 204 g/mol. The second-order valence-corrected chi connectivity index (χ2v) is 5.29. The number of carbonyl (C=O) groups is 2. The van der Waals surface area contributed by atoms with Crippen LogP contribution in [0.15, 0.2) is 0 Å². The first-order chi connectivity index (χ1) is 7.62. The molecule has 1 saturated carbocycles. The van der Waals surface area contributed by atoms with E-state index in [1.54, 1.807) is 0 Å². The molecule has 2 fully saturated rings. The van der Waals surface area contributed by atoms with E-state index >= 15 is 0 Å². The number of imide groups is 1. The molecule has 1 aliphatic carbocycles. The molecule has 4 heteroatoms. The minimum atomic E-state index is -0.0919. The summed E-state index contributed by atoms with van der Waals surface area (Å²) in [5.41, 5.74) is 5.96. The Morgan fingerprint density at radius 2 is 2.06 bits per heavy atom. The van der Waals surface area contributed by atoms with Gasteiger partial charge in [0.15, 0.2) is 0 Å². The summed E-state index contributed by atoms with van der Waals surface area (Å²) in [6, 6.07) is 0.105. The maximum absolute atomic E-state index is 12.5. The Bertz CT molecular complexity index is 305. The Morgan fingerprint density at radius 1 is 1.31 bits per heavy atom. The largest absolute Gasteiger partial charge is 0.327 e. The van der Waals surface area contributed by atoms with Crippen LogP contribution in [-0.4, -0.2) is 35.4 Å². The summed E-state index contributed by atoms with van der Waals surface area (Å²) in [4.78, 5) is 23.8. The monoisotopic (exact) mass is 225 g/mol. The first-order valence-electron chi connectivity index (χ1n) is 6.25. The molecule has 4 atom stereocenters. The molecule has 0 spiro atoms. The van der Waals surface area contributed by atoms with E-state index in [-0.39, 0.29) is 28.4 Å². The summed E-state index contributed by atoms with van der Waals surface area (Å²) in [6.07, 6.45) is 5.58. The quantitative estimate of drug-likeness (QED) is 0.558. The molecule has 2 N–H and O–H groups in total. The van der Waals surface area contributed by atoms with E-state index in [0.29, 0.717) is 6.54 Å². The average molecular weight is 225 g/mol. The molecule has 0 radical (unpaired) electrons. The van der Waals surface area contributed by atoms with Crippen molar-refractivity contribution < 1.29 is 14.1 Å². The van der Waals surface area contributed by atoms with Crippen LogP contribution in [0.1, 0.15) is 39.0 Å². The van der Waals surface area contributed by atoms with Gasteiger partial charge in [0.1, 0.15) is 6.04 Å². The number of nitrogens with two attached hydrogens (primary N) is 1. The molecule has 16 heavy (non-hydrogen) atoms. The molecule has 0 aromatic heterocycles. The maximum atomic E-state index is 12.5. The molecule has 2 amide bonds. The van der Waals surface area contributed by atoms with Gasteiger partial charge in [-0.25, -0.2) is 9.59 Å². The van der Waals surface area contributed by atoms with Gasteiger partial charge in [0.05, 0.1) is 12.5 Å². The van der Waals surface area contributed by atoms with Gasteiger partial charge in [-0.05, 0) is 19.8 Å². The number of quaternary nitrogens is 1. The highest BCUT2D eigenvalue weighted by atomic mass is 16.2. The minimum absolute atomic E-state index is 0.0262. The summed E-state index contributed by atoms with van der Waals surface area (Å²) < 4.78 is 0.0262. The van der Waals surface area contributed by atoms with Crippen LogP contribution in [0.5, 0.6) is 0 Å². The van der Waals surface area contributed by atoms with Gasteiger partial charge < -0.3 is 5.73 Å². The zero-order valence-corrected chi connectivity index (χ0v) is 9.89. The molecule has 0 bridgehead atoms. The highest BCUT2D eigenvalue weighted by Crippen LogP contribution is 2.33. The molecule has 0 aromatic carbocycles. The standard InChI is InChI=1S/C12H21N2O2/c1-9-4-3-7-14(9,8-15)12(16)10-5-2-6-11(10)13/h8-11H,2-7,13H2,1H3/q+1/t9-,10+,11+,14?/m1/s1. The van der Waals surface area contributed by atoms with Crippen molar-refractivity contribution in [3.8, 4) is 0 Å². The number of hydrogen-bond donors (Lipinski definition) is 1. The molecule has 1 heterocycles. The van der Waals surface area contributed by atoms with Crippen LogP contribution in [-0.2, 0) is 9.59 Å². The second-order valence-electron chi connectivity index (χ2n) is 5.29. The number of carbonyl (C=O) groups excluding carboxylic acids is 2. The Labute approximate surface area is 96.4 Å². The normalized spacial score (nSPS) is 43.5. The van der Waals surface area contributed by atoms with Crippen molar-refractivity contribution in [2.75, 3.05) is 6.54 Å². The van der Waals surface area contributed by atoms with Crippen molar-refractivity contribution in [1.82, 2.24) is 0 Å². The Hall–Kier alpha value is -0.740. The lowest BCUT2D eigenvalue weighted by Crippen LogP contribution is -2.58. The van der Waals surface area contributed by atoms with Crippen molar-refractivity contribution in [3.63, 3.8) is 0 Å². The Kier molecular flexibility index (Phi) is 3.13. The van der Waals surface area contributed by atoms with Crippen LogP contribution in [0.4, 0.5) is 0 Å². The fourth-order valence-corrected chi connectivity index (χ4v) is 3.24. The number of rotatable bonds is 2. The summed E-state index contributed by atoms with van der Waals surface area (Å²) >= 11 is 0. The van der Waals surface area contributed by atoms with Gasteiger partial charge in [-0.2, -0.15) is 4.48 Å². The van der Waals surface area contributed by atoms with Gasteiger partial charge >= 0.3 is 12.3 Å². The van der Waals surface area contributed by atoms with E-state index in [1.165, 1.54) is 0 Å². The summed E-state index contributed by atoms with van der Waals surface area (Å²) in [5, 5.41) is 0. The van der Waals surface area contributed by atoms with Crippen molar-refractivity contribution in [2.24, 2.45) is 11.7 Å². The molecule has 1 saturated heterocycles. The van der Waals surface area contributed by atoms with E-state index in [1.807, 2.05) is 6.92 Å². The summed E-state index contributed by atoms with van der Waals surface area (Å²) in [6.45, 7) is 2.67. The van der Waals surface area contributed by atoms with Gasteiger partial charge in [0, 0.05) is 18.9 Å². The zero-order chi connectivity index (χ0) is 11.8. The Morgan fingerprint density at radius 3 is 2.50 bits per heavy atom. The van der Waals surface area contributed by atoms with Gasteiger partial charge in [-0.15, -0.1) is 0 Å². The van der Waals surface area contributed by atoms with Crippen LogP contribution in [0.3, 0.4) is 0 Å². The predicted octanol–water partition coefficient (Wildman–Crippen LogP) is 0.796. The molecule has 1 aliphatic heterocycles. The smallest absolute Gasteiger partial charge is 0.325 e. The van der Waals surface area contributed by atoms with Crippen LogP contribution < -0.4 is 5.73 Å². The van der Waals surface area contributed by atoms with Crippen LogP contribution in [0.2, 0.25) is 0 Å². The zero-order valence-electron chi connectivity index (χ0n) is 9.89. The number of hydrogen-bond acceptors (Lipinski definition) is 3. The van der Waals surface area contributed by atoms with E-state index < -0.39 is 0 Å². The number of nitrogens with zero attached hydrogens (tertiary/aromatic N) is 1. The van der Waals surface area contributed by atoms with E-state index in [2.05, 4.69) is 0 Å². The van der Waals surface area contributed by atoms with Crippen LogP contribution >= 0.6 is 0 Å². The average Bonchev–Trinajstić information content (AvgIpc) is 2.84. The first kappa shape index (κ1) is 11.7. The number of amides is 2. The van der Waals surface area contributed by atoms with E-state index in [9.17, 15) is 9.59 Å². The van der Waals surface area contributed by atoms with E-state index in [0.717, 1.165) is 38.5 Å². The Balaban J connectivity index is 2.21. The highest BCUT2D eigenvalue weighted by molar-refractivity contribution is 5.79.